The van der Waals surface area contributed by atoms with Crippen molar-refractivity contribution in [3.63, 3.8) is 0 Å². The number of aryl methyl sites for hydroxylation is 1. The Balaban J connectivity index is 1.67. The van der Waals surface area contributed by atoms with Gasteiger partial charge in [-0.3, -0.25) is 9.88 Å². The number of hydrogen-bond donors (Lipinski definition) is 1. The second kappa shape index (κ2) is 6.37. The quantitative estimate of drug-likeness (QED) is 0.934. The Morgan fingerprint density at radius 3 is 2.90 bits per heavy atom. The number of nitrogens with one attached hydrogen (secondary N) is 1. The van der Waals surface area contributed by atoms with E-state index in [9.17, 15) is 0 Å². The van der Waals surface area contributed by atoms with Gasteiger partial charge in [-0.25, -0.2) is 0 Å². The Morgan fingerprint density at radius 1 is 1.19 bits per heavy atom. The molecule has 21 heavy (non-hydrogen) atoms. The summed E-state index contributed by atoms with van der Waals surface area (Å²) in [6.45, 7) is 5.01. The monoisotopic (exact) mass is 281 g/mol. The number of hydrogen-bond acceptors (Lipinski definition) is 3. The molecule has 1 aromatic carbocycles. The van der Waals surface area contributed by atoms with E-state index in [4.69, 9.17) is 0 Å². The molecule has 3 nitrogen and oxygen atoms in total. The number of pyridine rings is 1. The van der Waals surface area contributed by atoms with Gasteiger partial charge in [-0.05, 0) is 50.2 Å². The van der Waals surface area contributed by atoms with E-state index in [-0.39, 0.29) is 0 Å². The summed E-state index contributed by atoms with van der Waals surface area (Å²) < 4.78 is 0. The van der Waals surface area contributed by atoms with Crippen molar-refractivity contribution < 1.29 is 0 Å². The van der Waals surface area contributed by atoms with E-state index in [0.717, 1.165) is 37.4 Å². The van der Waals surface area contributed by atoms with Crippen molar-refractivity contribution in [1.29, 1.82) is 0 Å². The average molecular weight is 281 g/mol. The summed E-state index contributed by atoms with van der Waals surface area (Å²) >= 11 is 0. The van der Waals surface area contributed by atoms with Crippen LogP contribution in [0.1, 0.15) is 28.6 Å². The summed E-state index contributed by atoms with van der Waals surface area (Å²) in [4.78, 5) is 6.94. The van der Waals surface area contributed by atoms with Gasteiger partial charge in [0, 0.05) is 24.8 Å². The molecular weight excluding hydrogens is 258 g/mol. The molecule has 0 radical (unpaired) electrons. The van der Waals surface area contributed by atoms with E-state index in [0.29, 0.717) is 6.04 Å². The molecule has 1 aliphatic rings. The third kappa shape index (κ3) is 3.49. The first-order valence-electron chi connectivity index (χ1n) is 7.64. The van der Waals surface area contributed by atoms with Gasteiger partial charge in [-0.15, -0.1) is 0 Å². The molecule has 1 atom stereocenters. The molecule has 1 N–H and O–H groups in total. The van der Waals surface area contributed by atoms with Crippen LogP contribution in [-0.2, 0) is 13.0 Å². The Bertz CT molecular complexity index is 609. The van der Waals surface area contributed by atoms with Gasteiger partial charge < -0.3 is 5.32 Å². The molecule has 110 valence electrons. The zero-order valence-corrected chi connectivity index (χ0v) is 12.8. The summed E-state index contributed by atoms with van der Waals surface area (Å²) in [6.07, 6.45) is 1.13. The summed E-state index contributed by atoms with van der Waals surface area (Å²) in [7, 11) is 2.17. The van der Waals surface area contributed by atoms with Crippen molar-refractivity contribution in [1.82, 2.24) is 15.2 Å². The lowest BCUT2D eigenvalue weighted by Crippen LogP contribution is -2.37. The van der Waals surface area contributed by atoms with Crippen LogP contribution >= 0.6 is 0 Å². The molecule has 3 heteroatoms. The average Bonchev–Trinajstić information content (AvgIpc) is 2.47. The van der Waals surface area contributed by atoms with Crippen LogP contribution in [0.15, 0.2) is 42.5 Å². The number of benzene rings is 1. The number of fused-ring (bicyclic) bond motifs is 1. The minimum absolute atomic E-state index is 0.421. The fourth-order valence-electron chi connectivity index (χ4n) is 3.10. The zero-order chi connectivity index (χ0) is 14.7. The van der Waals surface area contributed by atoms with Gasteiger partial charge in [0.2, 0.25) is 0 Å². The molecule has 3 rings (SSSR count). The molecule has 0 aliphatic carbocycles. The molecule has 0 spiro atoms. The molecule has 0 fully saturated rings. The SMILES string of the molecule is Cc1cccc(CN(C)CC2NCCc3ccccc32)n1. The Kier molecular flexibility index (Phi) is 4.32. The largest absolute Gasteiger partial charge is 0.309 e. The minimum Gasteiger partial charge on any atom is -0.309 e. The molecule has 2 heterocycles. The predicted octanol–water partition coefficient (Wildman–Crippen LogP) is 2.71. The fraction of sp³-hybridized carbons (Fsp3) is 0.389. The number of likely N-dealkylation sites (N-methyl/N-ethyl adjacent to an activating group) is 1. The van der Waals surface area contributed by atoms with Crippen molar-refractivity contribution in [3.8, 4) is 0 Å². The minimum atomic E-state index is 0.421. The first-order chi connectivity index (χ1) is 10.2. The van der Waals surface area contributed by atoms with Crippen LogP contribution in [0.25, 0.3) is 0 Å². The van der Waals surface area contributed by atoms with Crippen molar-refractivity contribution in [2.45, 2.75) is 25.9 Å². The second-order valence-electron chi connectivity index (χ2n) is 5.92. The normalized spacial score (nSPS) is 17.8. The van der Waals surface area contributed by atoms with Crippen LogP contribution in [0.4, 0.5) is 0 Å². The summed E-state index contributed by atoms with van der Waals surface area (Å²) in [5.41, 5.74) is 5.17. The van der Waals surface area contributed by atoms with Crippen molar-refractivity contribution >= 4 is 0 Å². The van der Waals surface area contributed by atoms with Gasteiger partial charge in [0.1, 0.15) is 0 Å². The second-order valence-corrected chi connectivity index (χ2v) is 5.92. The van der Waals surface area contributed by atoms with Crippen LogP contribution in [0.2, 0.25) is 0 Å². The van der Waals surface area contributed by atoms with Gasteiger partial charge in [0.15, 0.2) is 0 Å². The number of nitrogens with zero attached hydrogens (tertiary/aromatic N) is 2. The molecule has 2 aromatic rings. The lowest BCUT2D eigenvalue weighted by Gasteiger charge is -2.30. The highest BCUT2D eigenvalue weighted by molar-refractivity contribution is 5.32. The van der Waals surface area contributed by atoms with Crippen LogP contribution in [-0.4, -0.2) is 30.0 Å². The third-order valence-corrected chi connectivity index (χ3v) is 4.09. The van der Waals surface area contributed by atoms with Gasteiger partial charge in [0.05, 0.1) is 5.69 Å². The van der Waals surface area contributed by atoms with E-state index < -0.39 is 0 Å². The highest BCUT2D eigenvalue weighted by Gasteiger charge is 2.20. The maximum absolute atomic E-state index is 4.59. The Morgan fingerprint density at radius 2 is 2.05 bits per heavy atom. The number of rotatable bonds is 4. The first-order valence-corrected chi connectivity index (χ1v) is 7.64. The van der Waals surface area contributed by atoms with Gasteiger partial charge in [-0.1, -0.05) is 30.3 Å². The van der Waals surface area contributed by atoms with Crippen molar-refractivity contribution in [3.05, 3.63) is 65.0 Å². The number of aromatic nitrogens is 1. The Hall–Kier alpha value is -1.71. The van der Waals surface area contributed by atoms with Gasteiger partial charge in [-0.2, -0.15) is 0 Å². The fourth-order valence-corrected chi connectivity index (χ4v) is 3.10. The Labute approximate surface area is 127 Å². The van der Waals surface area contributed by atoms with Crippen molar-refractivity contribution in [2.75, 3.05) is 20.1 Å². The lowest BCUT2D eigenvalue weighted by molar-refractivity contribution is 0.276. The third-order valence-electron chi connectivity index (χ3n) is 4.09. The van der Waals surface area contributed by atoms with Gasteiger partial charge in [0.25, 0.3) is 0 Å². The van der Waals surface area contributed by atoms with Crippen LogP contribution in [0.3, 0.4) is 0 Å². The summed E-state index contributed by atoms with van der Waals surface area (Å²) in [5, 5.41) is 3.64. The van der Waals surface area contributed by atoms with E-state index >= 15 is 0 Å². The molecule has 1 unspecified atom stereocenters. The van der Waals surface area contributed by atoms with E-state index in [2.05, 4.69) is 58.6 Å². The van der Waals surface area contributed by atoms with E-state index in [1.807, 2.05) is 13.0 Å². The molecule has 0 saturated heterocycles. The van der Waals surface area contributed by atoms with Crippen LogP contribution in [0.5, 0.6) is 0 Å². The molecular formula is C18H23N3. The maximum atomic E-state index is 4.59. The summed E-state index contributed by atoms with van der Waals surface area (Å²) in [5.74, 6) is 0. The molecule has 0 bridgehead atoms. The molecule has 1 aromatic heterocycles. The molecule has 1 aliphatic heterocycles. The highest BCUT2D eigenvalue weighted by Crippen LogP contribution is 2.23. The standard InChI is InChI=1S/C18H23N3/c1-14-6-5-8-16(20-14)12-21(2)13-18-17-9-4-3-7-15(17)10-11-19-18/h3-9,18-19H,10-13H2,1-2H3. The van der Waals surface area contributed by atoms with E-state index in [1.165, 1.54) is 11.1 Å². The first kappa shape index (κ1) is 14.2. The van der Waals surface area contributed by atoms with Crippen molar-refractivity contribution in [2.24, 2.45) is 0 Å². The zero-order valence-electron chi connectivity index (χ0n) is 12.8. The van der Waals surface area contributed by atoms with Crippen LogP contribution in [0, 0.1) is 6.92 Å². The van der Waals surface area contributed by atoms with E-state index in [1.54, 1.807) is 0 Å². The predicted molar refractivity (Wildman–Crippen MR) is 86.2 cm³/mol. The smallest absolute Gasteiger partial charge is 0.0547 e. The topological polar surface area (TPSA) is 28.2 Å². The van der Waals surface area contributed by atoms with Gasteiger partial charge >= 0.3 is 0 Å². The summed E-state index contributed by atoms with van der Waals surface area (Å²) in [6, 6.07) is 15.4. The lowest BCUT2D eigenvalue weighted by atomic mass is 9.94. The molecule has 0 amide bonds. The molecule has 0 saturated carbocycles. The maximum Gasteiger partial charge on any atom is 0.0547 e. The van der Waals surface area contributed by atoms with Crippen LogP contribution < -0.4 is 5.32 Å². The highest BCUT2D eigenvalue weighted by atomic mass is 15.1.